The first-order valence-electron chi connectivity index (χ1n) is 17.1. The molecule has 4 heteroatoms. The van der Waals surface area contributed by atoms with Crippen LogP contribution in [-0.4, -0.2) is 4.98 Å². The SMILES string of the molecule is c1ccc(N(c2ccccc2)c2ccc(-c3ccc(-c4cc(-c5nc6ccccc6s5)cc5sc6ccc7ccccc7c6c45)cc3)cc2)cc1. The van der Waals surface area contributed by atoms with E-state index in [1.165, 1.54) is 57.9 Å². The Morgan fingerprint density at radius 1 is 0.392 bits per heavy atom. The molecule has 0 radical (unpaired) electrons. The van der Waals surface area contributed by atoms with Crippen LogP contribution in [-0.2, 0) is 0 Å². The highest BCUT2D eigenvalue weighted by molar-refractivity contribution is 7.26. The summed E-state index contributed by atoms with van der Waals surface area (Å²) in [6.45, 7) is 0. The minimum absolute atomic E-state index is 1.05. The monoisotopic (exact) mass is 686 g/mol. The number of nitrogens with zero attached hydrogens (tertiary/aromatic N) is 2. The van der Waals surface area contributed by atoms with E-state index < -0.39 is 0 Å². The molecular formula is C47H30N2S2. The van der Waals surface area contributed by atoms with Crippen LogP contribution < -0.4 is 4.90 Å². The van der Waals surface area contributed by atoms with Gasteiger partial charge >= 0.3 is 0 Å². The summed E-state index contributed by atoms with van der Waals surface area (Å²) in [5, 5.41) is 6.27. The van der Waals surface area contributed by atoms with E-state index in [0.717, 1.165) is 33.1 Å². The maximum absolute atomic E-state index is 5.06. The van der Waals surface area contributed by atoms with E-state index in [1.807, 2.05) is 11.3 Å². The zero-order chi connectivity index (χ0) is 33.7. The van der Waals surface area contributed by atoms with Gasteiger partial charge in [0, 0.05) is 42.8 Å². The summed E-state index contributed by atoms with van der Waals surface area (Å²) >= 11 is 3.64. The van der Waals surface area contributed by atoms with E-state index in [-0.39, 0.29) is 0 Å². The Morgan fingerprint density at radius 3 is 1.73 bits per heavy atom. The van der Waals surface area contributed by atoms with E-state index in [2.05, 4.69) is 187 Å². The molecule has 240 valence electrons. The molecule has 2 aromatic heterocycles. The van der Waals surface area contributed by atoms with Gasteiger partial charge in [-0.2, -0.15) is 0 Å². The summed E-state index contributed by atoms with van der Waals surface area (Å²) in [5.74, 6) is 0. The third kappa shape index (κ3) is 5.28. The van der Waals surface area contributed by atoms with Crippen LogP contribution in [0.2, 0.25) is 0 Å². The Morgan fingerprint density at radius 2 is 1.00 bits per heavy atom. The maximum atomic E-state index is 5.06. The van der Waals surface area contributed by atoms with Crippen molar-refractivity contribution >= 4 is 80.9 Å². The minimum atomic E-state index is 1.05. The van der Waals surface area contributed by atoms with Gasteiger partial charge in [-0.3, -0.25) is 0 Å². The molecule has 0 aliphatic carbocycles. The molecule has 10 rings (SSSR count). The van der Waals surface area contributed by atoms with Gasteiger partial charge in [0.1, 0.15) is 5.01 Å². The molecule has 0 aliphatic heterocycles. The van der Waals surface area contributed by atoms with Gasteiger partial charge in [0.15, 0.2) is 0 Å². The molecule has 0 spiro atoms. The second-order valence-electron chi connectivity index (χ2n) is 12.8. The standard InChI is InChI=1S/C47H30N2S2/c1-3-12-36(13-4-1)49(37-14-5-2-6-15-37)38-26-23-32(24-27-38)31-19-21-34(22-20-31)40-29-35(47-48-41-17-9-10-18-42(41)51-47)30-44-46(40)45-39-16-8-7-11-33(39)25-28-43(45)50-44/h1-30H. The zero-order valence-electron chi connectivity index (χ0n) is 27.5. The predicted molar refractivity (Wildman–Crippen MR) is 221 cm³/mol. The molecule has 0 atom stereocenters. The third-order valence-electron chi connectivity index (χ3n) is 9.69. The number of thiazole rings is 1. The van der Waals surface area contributed by atoms with Crippen LogP contribution in [0.1, 0.15) is 0 Å². The zero-order valence-corrected chi connectivity index (χ0v) is 29.2. The molecule has 0 saturated carbocycles. The fraction of sp³-hybridized carbons (Fsp3) is 0. The average molecular weight is 687 g/mol. The van der Waals surface area contributed by atoms with E-state index in [4.69, 9.17) is 4.98 Å². The molecule has 0 unspecified atom stereocenters. The quantitative estimate of drug-likeness (QED) is 0.173. The van der Waals surface area contributed by atoms with E-state index in [1.54, 1.807) is 11.3 Å². The molecule has 8 aromatic carbocycles. The topological polar surface area (TPSA) is 16.1 Å². The summed E-state index contributed by atoms with van der Waals surface area (Å²) < 4.78 is 3.81. The van der Waals surface area contributed by atoms with Gasteiger partial charge in [-0.25, -0.2) is 4.98 Å². The number of hydrogen-bond donors (Lipinski definition) is 0. The number of benzene rings is 8. The van der Waals surface area contributed by atoms with Crippen LogP contribution in [0.3, 0.4) is 0 Å². The number of aromatic nitrogens is 1. The van der Waals surface area contributed by atoms with Crippen molar-refractivity contribution in [2.24, 2.45) is 0 Å². The van der Waals surface area contributed by atoms with Gasteiger partial charge in [-0.05, 0) is 99.8 Å². The lowest BCUT2D eigenvalue weighted by Crippen LogP contribution is -2.09. The van der Waals surface area contributed by atoms with Crippen LogP contribution in [0.5, 0.6) is 0 Å². The van der Waals surface area contributed by atoms with E-state index in [9.17, 15) is 0 Å². The average Bonchev–Trinajstić information content (AvgIpc) is 3.81. The van der Waals surface area contributed by atoms with E-state index >= 15 is 0 Å². The summed E-state index contributed by atoms with van der Waals surface area (Å²) in [7, 11) is 0. The highest BCUT2D eigenvalue weighted by Gasteiger charge is 2.18. The lowest BCUT2D eigenvalue weighted by molar-refractivity contribution is 1.28. The van der Waals surface area contributed by atoms with E-state index in [0.29, 0.717) is 0 Å². The first-order chi connectivity index (χ1) is 25.3. The molecule has 0 N–H and O–H groups in total. The van der Waals surface area contributed by atoms with Crippen LogP contribution in [0.15, 0.2) is 182 Å². The Kier molecular flexibility index (Phi) is 7.23. The minimum Gasteiger partial charge on any atom is -0.311 e. The lowest BCUT2D eigenvalue weighted by atomic mass is 9.94. The van der Waals surface area contributed by atoms with Crippen LogP contribution in [0.4, 0.5) is 17.1 Å². The Balaban J connectivity index is 1.08. The van der Waals surface area contributed by atoms with Gasteiger partial charge in [0.25, 0.3) is 0 Å². The number of hydrogen-bond acceptors (Lipinski definition) is 4. The largest absolute Gasteiger partial charge is 0.311 e. The first-order valence-corrected chi connectivity index (χ1v) is 18.8. The van der Waals surface area contributed by atoms with Crippen LogP contribution >= 0.6 is 22.7 Å². The number of para-hydroxylation sites is 3. The Hall–Kier alpha value is -6.07. The van der Waals surface area contributed by atoms with Crippen molar-refractivity contribution in [1.82, 2.24) is 4.98 Å². The molecule has 0 aliphatic rings. The molecule has 51 heavy (non-hydrogen) atoms. The number of anilines is 3. The molecule has 0 bridgehead atoms. The molecule has 0 amide bonds. The fourth-order valence-corrected chi connectivity index (χ4v) is 9.40. The second kappa shape index (κ2) is 12.4. The van der Waals surface area contributed by atoms with Gasteiger partial charge in [0.05, 0.1) is 10.2 Å². The molecule has 2 nitrogen and oxygen atoms in total. The molecular weight excluding hydrogens is 657 g/mol. The van der Waals surface area contributed by atoms with Gasteiger partial charge in [-0.15, -0.1) is 22.7 Å². The van der Waals surface area contributed by atoms with Gasteiger partial charge in [0.2, 0.25) is 0 Å². The summed E-state index contributed by atoms with van der Waals surface area (Å²) in [5.41, 5.74) is 10.4. The maximum Gasteiger partial charge on any atom is 0.124 e. The highest BCUT2D eigenvalue weighted by Crippen LogP contribution is 2.46. The van der Waals surface area contributed by atoms with Crippen molar-refractivity contribution in [3.63, 3.8) is 0 Å². The predicted octanol–water partition coefficient (Wildman–Crippen LogP) is 14.3. The van der Waals surface area contributed by atoms with Crippen LogP contribution in [0, 0.1) is 0 Å². The summed E-state index contributed by atoms with van der Waals surface area (Å²) in [4.78, 5) is 7.36. The van der Waals surface area contributed by atoms with Crippen molar-refractivity contribution < 1.29 is 0 Å². The second-order valence-corrected chi connectivity index (χ2v) is 14.9. The summed E-state index contributed by atoms with van der Waals surface area (Å²) in [6, 6.07) is 65.5. The Bertz CT molecular complexity index is 2760. The van der Waals surface area contributed by atoms with Crippen LogP contribution in [0.25, 0.3) is 74.0 Å². The van der Waals surface area contributed by atoms with Crippen molar-refractivity contribution in [2.75, 3.05) is 4.90 Å². The molecule has 10 aromatic rings. The van der Waals surface area contributed by atoms with Crippen molar-refractivity contribution in [3.05, 3.63) is 182 Å². The number of rotatable bonds is 6. The molecule has 2 heterocycles. The molecule has 0 saturated heterocycles. The van der Waals surface area contributed by atoms with Crippen molar-refractivity contribution in [2.45, 2.75) is 0 Å². The smallest absolute Gasteiger partial charge is 0.124 e. The lowest BCUT2D eigenvalue weighted by Gasteiger charge is -2.25. The van der Waals surface area contributed by atoms with Crippen molar-refractivity contribution in [1.29, 1.82) is 0 Å². The summed E-state index contributed by atoms with van der Waals surface area (Å²) in [6.07, 6.45) is 0. The normalized spacial score (nSPS) is 11.5. The Labute approximate surface area is 304 Å². The fourth-order valence-electron chi connectivity index (χ4n) is 7.26. The van der Waals surface area contributed by atoms with Crippen molar-refractivity contribution in [3.8, 4) is 32.8 Å². The third-order valence-corrected chi connectivity index (χ3v) is 11.9. The number of thiophene rings is 1. The van der Waals surface area contributed by atoms with Gasteiger partial charge in [-0.1, -0.05) is 115 Å². The van der Waals surface area contributed by atoms with Gasteiger partial charge < -0.3 is 4.90 Å². The molecule has 0 fully saturated rings. The highest BCUT2D eigenvalue weighted by atomic mass is 32.1. The number of fused-ring (bicyclic) bond motifs is 6. The first kappa shape index (κ1) is 29.8.